The third kappa shape index (κ3) is 6.60. The first-order valence-corrected chi connectivity index (χ1v) is 16.4. The number of rotatable bonds is 10. The van der Waals surface area contributed by atoms with Crippen LogP contribution in [0.25, 0.3) is 11.0 Å². The first-order valence-electron chi connectivity index (χ1n) is 15.6. The minimum absolute atomic E-state index is 0.0368. The second-order valence-corrected chi connectivity index (χ2v) is 13.0. The van der Waals surface area contributed by atoms with Gasteiger partial charge in [0.2, 0.25) is 0 Å². The van der Waals surface area contributed by atoms with Gasteiger partial charge in [-0.25, -0.2) is 9.78 Å². The molecule has 1 N–H and O–H groups in total. The summed E-state index contributed by atoms with van der Waals surface area (Å²) < 4.78 is 8.46. The zero-order valence-corrected chi connectivity index (χ0v) is 26.4. The zero-order valence-electron chi connectivity index (χ0n) is 24.9. The van der Waals surface area contributed by atoms with E-state index in [1.54, 1.807) is 24.3 Å². The van der Waals surface area contributed by atoms with Gasteiger partial charge in [-0.2, -0.15) is 0 Å². The molecule has 4 aromatic carbocycles. The van der Waals surface area contributed by atoms with Crippen LogP contribution in [0.2, 0.25) is 10.0 Å². The summed E-state index contributed by atoms with van der Waals surface area (Å²) in [5.41, 5.74) is 6.09. The number of aromatic nitrogens is 2. The standard InChI is InChI=1S/C37H35Cl2N3O3/c38-29-11-6-24(7-12-29)35(25-8-13-30(39)14-9-25)27-10-15-33-34(23-27)42(36(40-33)26-4-5-26)31-16-18-41(19-17-31)20-21-45-32-3-1-2-28(22-32)37(43)44/h1-3,6-15,22-23,26,31,35H,4-5,16-21H2,(H,43,44). The lowest BCUT2D eigenvalue weighted by molar-refractivity contribution is 0.0696. The normalized spacial score (nSPS) is 16.0. The van der Waals surface area contributed by atoms with Crippen LogP contribution >= 0.6 is 23.2 Å². The van der Waals surface area contributed by atoms with Gasteiger partial charge in [0.25, 0.3) is 0 Å². The molecule has 2 heterocycles. The number of hydrogen-bond acceptors (Lipinski definition) is 4. The Morgan fingerprint density at radius 1 is 0.844 bits per heavy atom. The van der Waals surface area contributed by atoms with Crippen molar-refractivity contribution in [3.05, 3.63) is 129 Å². The first kappa shape index (κ1) is 29.8. The van der Waals surface area contributed by atoms with E-state index in [1.807, 2.05) is 24.3 Å². The molecule has 0 amide bonds. The Morgan fingerprint density at radius 2 is 1.49 bits per heavy atom. The fraction of sp³-hybridized carbons (Fsp3) is 0.297. The number of piperidine rings is 1. The zero-order chi connectivity index (χ0) is 30.9. The lowest BCUT2D eigenvalue weighted by atomic mass is 9.85. The van der Waals surface area contributed by atoms with Crippen LogP contribution in [0.3, 0.4) is 0 Å². The number of benzene rings is 4. The maximum Gasteiger partial charge on any atom is 0.335 e. The Kier molecular flexibility index (Phi) is 8.54. The summed E-state index contributed by atoms with van der Waals surface area (Å²) >= 11 is 12.6. The van der Waals surface area contributed by atoms with E-state index < -0.39 is 5.97 Å². The SMILES string of the molecule is O=C(O)c1cccc(OCCN2CCC(n3c(C4CC4)nc4ccc(C(c5ccc(Cl)cc5)c5ccc(Cl)cc5)cc43)CC2)c1. The number of ether oxygens (including phenoxy) is 1. The highest BCUT2D eigenvalue weighted by Crippen LogP contribution is 2.44. The van der Waals surface area contributed by atoms with Crippen LogP contribution in [0, 0.1) is 0 Å². The van der Waals surface area contributed by atoms with E-state index in [9.17, 15) is 9.90 Å². The molecular weight excluding hydrogens is 605 g/mol. The van der Waals surface area contributed by atoms with Crippen molar-refractivity contribution in [1.82, 2.24) is 14.5 Å². The third-order valence-electron chi connectivity index (χ3n) is 9.10. The maximum atomic E-state index is 11.3. The Labute approximate surface area is 273 Å². The quantitative estimate of drug-likeness (QED) is 0.155. The van der Waals surface area contributed by atoms with Gasteiger partial charge in [-0.1, -0.05) is 59.6 Å². The molecule has 7 rings (SSSR count). The number of carboxylic acids is 1. The topological polar surface area (TPSA) is 67.6 Å². The van der Waals surface area contributed by atoms with Crippen LogP contribution in [-0.2, 0) is 0 Å². The second kappa shape index (κ2) is 12.9. The molecule has 0 radical (unpaired) electrons. The molecule has 1 aromatic heterocycles. The van der Waals surface area contributed by atoms with E-state index in [2.05, 4.69) is 51.9 Å². The van der Waals surface area contributed by atoms with E-state index in [4.69, 9.17) is 32.9 Å². The summed E-state index contributed by atoms with van der Waals surface area (Å²) in [6.45, 7) is 3.28. The lowest BCUT2D eigenvalue weighted by Crippen LogP contribution is -2.37. The maximum absolute atomic E-state index is 11.3. The fourth-order valence-electron chi connectivity index (χ4n) is 6.62. The van der Waals surface area contributed by atoms with Crippen molar-refractivity contribution in [1.29, 1.82) is 0 Å². The molecule has 0 unspecified atom stereocenters. The molecule has 0 atom stereocenters. The van der Waals surface area contributed by atoms with Gasteiger partial charge in [0.05, 0.1) is 16.6 Å². The highest BCUT2D eigenvalue weighted by Gasteiger charge is 2.33. The molecule has 8 heteroatoms. The number of carbonyl (C=O) groups is 1. The van der Waals surface area contributed by atoms with Gasteiger partial charge in [0.15, 0.2) is 0 Å². The lowest BCUT2D eigenvalue weighted by Gasteiger charge is -2.33. The molecular formula is C37H35Cl2N3O3. The van der Waals surface area contributed by atoms with Gasteiger partial charge in [-0.3, -0.25) is 4.90 Å². The van der Waals surface area contributed by atoms with Gasteiger partial charge in [0.1, 0.15) is 18.2 Å². The van der Waals surface area contributed by atoms with Crippen LogP contribution in [0.1, 0.15) is 76.4 Å². The van der Waals surface area contributed by atoms with Crippen LogP contribution in [0.4, 0.5) is 0 Å². The predicted molar refractivity (Wildman–Crippen MR) is 179 cm³/mol. The number of nitrogens with zero attached hydrogens (tertiary/aromatic N) is 3. The predicted octanol–water partition coefficient (Wildman–Crippen LogP) is 8.81. The van der Waals surface area contributed by atoms with Crippen molar-refractivity contribution in [2.75, 3.05) is 26.2 Å². The second-order valence-electron chi connectivity index (χ2n) is 12.2. The molecule has 0 bridgehead atoms. The van der Waals surface area contributed by atoms with Gasteiger partial charge in [-0.15, -0.1) is 0 Å². The monoisotopic (exact) mass is 639 g/mol. The number of fused-ring (bicyclic) bond motifs is 1. The van der Waals surface area contributed by atoms with Crippen molar-refractivity contribution >= 4 is 40.2 Å². The largest absolute Gasteiger partial charge is 0.492 e. The molecule has 1 aliphatic heterocycles. The summed E-state index contributed by atoms with van der Waals surface area (Å²) in [6, 6.07) is 30.1. The minimum atomic E-state index is -0.947. The molecule has 0 spiro atoms. The third-order valence-corrected chi connectivity index (χ3v) is 9.61. The number of likely N-dealkylation sites (tertiary alicyclic amines) is 1. The van der Waals surface area contributed by atoms with Crippen LogP contribution in [-0.4, -0.2) is 51.8 Å². The van der Waals surface area contributed by atoms with Crippen LogP contribution < -0.4 is 4.74 Å². The van der Waals surface area contributed by atoms with E-state index in [0.29, 0.717) is 24.3 Å². The molecule has 2 aliphatic rings. The fourth-order valence-corrected chi connectivity index (χ4v) is 6.87. The first-order chi connectivity index (χ1) is 21.9. The average Bonchev–Trinajstić information content (AvgIpc) is 3.84. The Balaban J connectivity index is 1.12. The van der Waals surface area contributed by atoms with Crippen molar-refractivity contribution in [2.24, 2.45) is 0 Å². The van der Waals surface area contributed by atoms with E-state index in [0.717, 1.165) is 48.0 Å². The number of halogens is 2. The smallest absolute Gasteiger partial charge is 0.335 e. The number of aromatic carboxylic acids is 1. The minimum Gasteiger partial charge on any atom is -0.492 e. The van der Waals surface area contributed by atoms with Gasteiger partial charge >= 0.3 is 5.97 Å². The number of imidazole rings is 1. The van der Waals surface area contributed by atoms with Crippen molar-refractivity contribution in [2.45, 2.75) is 43.6 Å². The van der Waals surface area contributed by atoms with Crippen molar-refractivity contribution in [3.63, 3.8) is 0 Å². The molecule has 6 nitrogen and oxygen atoms in total. The number of carboxylic acid groups (broad SMARTS) is 1. The molecule has 230 valence electrons. The van der Waals surface area contributed by atoms with Gasteiger partial charge in [0, 0.05) is 47.6 Å². The molecule has 1 saturated carbocycles. The molecule has 1 aliphatic carbocycles. The summed E-state index contributed by atoms with van der Waals surface area (Å²) in [6.07, 6.45) is 4.49. The van der Waals surface area contributed by atoms with Gasteiger partial charge in [-0.05, 0) is 97.0 Å². The number of hydrogen-bond donors (Lipinski definition) is 1. The highest BCUT2D eigenvalue weighted by atomic mass is 35.5. The van der Waals surface area contributed by atoms with E-state index in [1.165, 1.54) is 40.9 Å². The summed E-state index contributed by atoms with van der Waals surface area (Å²) in [5.74, 6) is 1.46. The van der Waals surface area contributed by atoms with Crippen LogP contribution in [0.5, 0.6) is 5.75 Å². The molecule has 2 fully saturated rings. The van der Waals surface area contributed by atoms with E-state index in [-0.39, 0.29) is 11.5 Å². The van der Waals surface area contributed by atoms with E-state index >= 15 is 0 Å². The average molecular weight is 641 g/mol. The molecule has 5 aromatic rings. The molecule has 1 saturated heterocycles. The summed E-state index contributed by atoms with van der Waals surface area (Å²) in [7, 11) is 0. The summed E-state index contributed by atoms with van der Waals surface area (Å²) in [4.78, 5) is 18.9. The van der Waals surface area contributed by atoms with Crippen molar-refractivity contribution in [3.8, 4) is 5.75 Å². The Morgan fingerprint density at radius 3 is 2.11 bits per heavy atom. The van der Waals surface area contributed by atoms with Crippen LogP contribution in [0.15, 0.2) is 91.0 Å². The van der Waals surface area contributed by atoms with Crippen molar-refractivity contribution < 1.29 is 14.6 Å². The summed E-state index contributed by atoms with van der Waals surface area (Å²) in [5, 5.41) is 10.7. The van der Waals surface area contributed by atoms with Gasteiger partial charge < -0.3 is 14.4 Å². The highest BCUT2D eigenvalue weighted by molar-refractivity contribution is 6.30. The Hall–Kier alpha value is -3.84. The Bertz CT molecular complexity index is 1760. The molecule has 45 heavy (non-hydrogen) atoms.